The van der Waals surface area contributed by atoms with Crippen molar-refractivity contribution in [3.05, 3.63) is 58.1 Å². The van der Waals surface area contributed by atoms with Crippen LogP contribution in [0.3, 0.4) is 0 Å². The lowest BCUT2D eigenvalue weighted by Crippen LogP contribution is -2.14. The summed E-state index contributed by atoms with van der Waals surface area (Å²) >= 11 is 13.1. The SMILES string of the molecule is Cc1ccccc1-n1nnnc1SCC(=O)Nc1cc(Cl)cc(Cl)c1. The second-order valence-corrected chi connectivity index (χ2v) is 6.97. The number of benzene rings is 2. The van der Waals surface area contributed by atoms with Crippen LogP contribution < -0.4 is 5.32 Å². The van der Waals surface area contributed by atoms with Crippen LogP contribution >= 0.6 is 35.0 Å². The third-order valence-electron chi connectivity index (χ3n) is 3.26. The Kier molecular flexibility index (Phi) is 5.57. The molecule has 0 saturated heterocycles. The molecule has 9 heteroatoms. The monoisotopic (exact) mass is 393 g/mol. The zero-order valence-electron chi connectivity index (χ0n) is 13.1. The van der Waals surface area contributed by atoms with Crippen molar-refractivity contribution in [2.75, 3.05) is 11.1 Å². The van der Waals surface area contributed by atoms with Gasteiger partial charge in [0.2, 0.25) is 11.1 Å². The van der Waals surface area contributed by atoms with Gasteiger partial charge >= 0.3 is 0 Å². The lowest BCUT2D eigenvalue weighted by molar-refractivity contribution is -0.113. The molecule has 0 aliphatic heterocycles. The van der Waals surface area contributed by atoms with Crippen LogP contribution in [-0.2, 0) is 4.79 Å². The van der Waals surface area contributed by atoms with Crippen molar-refractivity contribution in [3.8, 4) is 5.69 Å². The van der Waals surface area contributed by atoms with Crippen molar-refractivity contribution in [3.63, 3.8) is 0 Å². The van der Waals surface area contributed by atoms with E-state index in [1.165, 1.54) is 11.8 Å². The minimum absolute atomic E-state index is 0.149. The fourth-order valence-corrected chi connectivity index (χ4v) is 3.38. The number of aromatic nitrogens is 4. The number of tetrazole rings is 1. The van der Waals surface area contributed by atoms with Gasteiger partial charge in [0.1, 0.15) is 0 Å². The first-order valence-electron chi connectivity index (χ1n) is 7.26. The molecule has 1 amide bonds. The Labute approximate surface area is 158 Å². The summed E-state index contributed by atoms with van der Waals surface area (Å²) in [5, 5.41) is 15.9. The molecule has 6 nitrogen and oxygen atoms in total. The highest BCUT2D eigenvalue weighted by atomic mass is 35.5. The van der Waals surface area contributed by atoms with Crippen molar-refractivity contribution >= 4 is 46.6 Å². The molecule has 1 heterocycles. The molecule has 0 fully saturated rings. The van der Waals surface area contributed by atoms with Crippen molar-refractivity contribution in [1.82, 2.24) is 20.2 Å². The first-order valence-corrected chi connectivity index (χ1v) is 9.00. The van der Waals surface area contributed by atoms with E-state index in [9.17, 15) is 4.79 Å². The maximum Gasteiger partial charge on any atom is 0.234 e. The molecule has 1 aromatic heterocycles. The Hall–Kier alpha value is -2.09. The molecular weight excluding hydrogens is 381 g/mol. The highest BCUT2D eigenvalue weighted by Gasteiger charge is 2.13. The van der Waals surface area contributed by atoms with Gasteiger partial charge in [-0.1, -0.05) is 53.2 Å². The van der Waals surface area contributed by atoms with E-state index in [1.54, 1.807) is 22.9 Å². The maximum atomic E-state index is 12.1. The number of amides is 1. The largest absolute Gasteiger partial charge is 0.325 e. The number of nitrogens with zero attached hydrogens (tertiary/aromatic N) is 4. The predicted octanol–water partition coefficient (Wildman–Crippen LogP) is 4.01. The van der Waals surface area contributed by atoms with Crippen molar-refractivity contribution in [2.45, 2.75) is 12.1 Å². The second kappa shape index (κ2) is 7.86. The molecule has 0 saturated carbocycles. The van der Waals surface area contributed by atoms with E-state index in [2.05, 4.69) is 20.8 Å². The fourth-order valence-electron chi connectivity index (χ4n) is 2.17. The van der Waals surface area contributed by atoms with E-state index in [1.807, 2.05) is 31.2 Å². The van der Waals surface area contributed by atoms with Crippen LogP contribution in [0.25, 0.3) is 5.69 Å². The third-order valence-corrected chi connectivity index (χ3v) is 4.62. The van der Waals surface area contributed by atoms with Gasteiger partial charge in [0, 0.05) is 15.7 Å². The standard InChI is InChI=1S/C16H13Cl2N5OS/c1-10-4-2-3-5-14(10)23-16(20-21-22-23)25-9-15(24)19-13-7-11(17)6-12(18)8-13/h2-8H,9H2,1H3,(H,19,24). The van der Waals surface area contributed by atoms with Gasteiger partial charge < -0.3 is 5.32 Å². The van der Waals surface area contributed by atoms with Gasteiger partial charge in [0.05, 0.1) is 11.4 Å². The Morgan fingerprint density at radius 3 is 2.64 bits per heavy atom. The zero-order valence-corrected chi connectivity index (χ0v) is 15.4. The number of hydrogen-bond donors (Lipinski definition) is 1. The van der Waals surface area contributed by atoms with Crippen molar-refractivity contribution in [1.29, 1.82) is 0 Å². The van der Waals surface area contributed by atoms with Crippen LogP contribution in [0.5, 0.6) is 0 Å². The van der Waals surface area contributed by atoms with E-state index in [0.29, 0.717) is 20.9 Å². The fraction of sp³-hybridized carbons (Fsp3) is 0.125. The third kappa shape index (κ3) is 4.50. The van der Waals surface area contributed by atoms with Gasteiger partial charge in [-0.3, -0.25) is 4.79 Å². The van der Waals surface area contributed by atoms with Gasteiger partial charge in [-0.2, -0.15) is 4.68 Å². The summed E-state index contributed by atoms with van der Waals surface area (Å²) in [7, 11) is 0. The Balaban J connectivity index is 1.67. The number of halogens is 2. The summed E-state index contributed by atoms with van der Waals surface area (Å²) in [5.74, 6) is -0.0567. The number of carbonyl (C=O) groups is 1. The Morgan fingerprint density at radius 1 is 1.20 bits per heavy atom. The highest BCUT2D eigenvalue weighted by Crippen LogP contribution is 2.24. The maximum absolute atomic E-state index is 12.1. The van der Waals surface area contributed by atoms with Crippen molar-refractivity contribution < 1.29 is 4.79 Å². The lowest BCUT2D eigenvalue weighted by Gasteiger charge is -2.08. The quantitative estimate of drug-likeness (QED) is 0.662. The average Bonchev–Trinajstić information content (AvgIpc) is 3.00. The topological polar surface area (TPSA) is 72.7 Å². The minimum atomic E-state index is -0.206. The summed E-state index contributed by atoms with van der Waals surface area (Å²) < 4.78 is 1.61. The number of nitrogens with one attached hydrogen (secondary N) is 1. The summed E-state index contributed by atoms with van der Waals surface area (Å²) in [5.41, 5.74) is 2.45. The van der Waals surface area contributed by atoms with Crippen molar-refractivity contribution in [2.24, 2.45) is 0 Å². The molecule has 0 aliphatic rings. The number of aryl methyl sites for hydroxylation is 1. The smallest absolute Gasteiger partial charge is 0.234 e. The van der Waals surface area contributed by atoms with E-state index in [-0.39, 0.29) is 11.7 Å². The van der Waals surface area contributed by atoms with Gasteiger partial charge in [0.25, 0.3) is 0 Å². The molecule has 0 bridgehead atoms. The first-order chi connectivity index (χ1) is 12.0. The minimum Gasteiger partial charge on any atom is -0.325 e. The Morgan fingerprint density at radius 2 is 1.92 bits per heavy atom. The molecule has 0 aliphatic carbocycles. The second-order valence-electron chi connectivity index (χ2n) is 5.15. The number of para-hydroxylation sites is 1. The van der Waals surface area contributed by atoms with Crippen LogP contribution in [-0.4, -0.2) is 31.9 Å². The van der Waals surface area contributed by atoms with Crippen LogP contribution in [0.1, 0.15) is 5.56 Å². The van der Waals surface area contributed by atoms with Gasteiger partial charge in [-0.15, -0.1) is 5.10 Å². The van der Waals surface area contributed by atoms with Crippen LogP contribution in [0.4, 0.5) is 5.69 Å². The molecule has 0 radical (unpaired) electrons. The molecular formula is C16H13Cl2N5OS. The lowest BCUT2D eigenvalue weighted by atomic mass is 10.2. The number of thioether (sulfide) groups is 1. The molecule has 0 atom stereocenters. The van der Waals surface area contributed by atoms with E-state index in [0.717, 1.165) is 11.3 Å². The van der Waals surface area contributed by atoms with E-state index in [4.69, 9.17) is 23.2 Å². The average molecular weight is 394 g/mol. The molecule has 128 valence electrons. The van der Waals surface area contributed by atoms with Crippen LogP contribution in [0.2, 0.25) is 10.0 Å². The Bertz CT molecular complexity index is 895. The first kappa shape index (κ1) is 17.7. The summed E-state index contributed by atoms with van der Waals surface area (Å²) in [4.78, 5) is 12.1. The van der Waals surface area contributed by atoms with Gasteiger partial charge in [-0.25, -0.2) is 0 Å². The van der Waals surface area contributed by atoms with Gasteiger partial charge in [0.15, 0.2) is 0 Å². The molecule has 25 heavy (non-hydrogen) atoms. The summed E-state index contributed by atoms with van der Waals surface area (Å²) in [6.45, 7) is 1.97. The predicted molar refractivity (Wildman–Crippen MR) is 99.7 cm³/mol. The summed E-state index contributed by atoms with van der Waals surface area (Å²) in [6.07, 6.45) is 0. The molecule has 0 spiro atoms. The normalized spacial score (nSPS) is 10.7. The van der Waals surface area contributed by atoms with Gasteiger partial charge in [-0.05, 0) is 47.2 Å². The van der Waals surface area contributed by atoms with E-state index < -0.39 is 0 Å². The molecule has 3 rings (SSSR count). The van der Waals surface area contributed by atoms with E-state index >= 15 is 0 Å². The summed E-state index contributed by atoms with van der Waals surface area (Å²) in [6, 6.07) is 12.6. The van der Waals surface area contributed by atoms with Crippen LogP contribution in [0, 0.1) is 6.92 Å². The molecule has 2 aromatic carbocycles. The number of carbonyl (C=O) groups excluding carboxylic acids is 1. The molecule has 3 aromatic rings. The molecule has 0 unspecified atom stereocenters. The van der Waals surface area contributed by atoms with Crippen LogP contribution in [0.15, 0.2) is 47.6 Å². The number of hydrogen-bond acceptors (Lipinski definition) is 5. The molecule has 1 N–H and O–H groups in total. The number of rotatable bonds is 5. The highest BCUT2D eigenvalue weighted by molar-refractivity contribution is 7.99. The number of anilines is 1. The zero-order chi connectivity index (χ0) is 17.8.